The Morgan fingerprint density at radius 3 is 2.60 bits per heavy atom. The molecule has 1 atom stereocenters. The lowest BCUT2D eigenvalue weighted by Crippen LogP contribution is -2.09. The predicted octanol–water partition coefficient (Wildman–Crippen LogP) is 3.50. The molecule has 0 saturated carbocycles. The molecular weight excluding hydrogens is 231 g/mol. The van der Waals surface area contributed by atoms with Crippen molar-refractivity contribution in [2.75, 3.05) is 0 Å². The molecule has 15 heavy (non-hydrogen) atoms. The summed E-state index contributed by atoms with van der Waals surface area (Å²) in [5, 5.41) is 2.23. The summed E-state index contributed by atoms with van der Waals surface area (Å²) in [6.07, 6.45) is 0. The lowest BCUT2D eigenvalue weighted by atomic mass is 10.2. The predicted molar refractivity (Wildman–Crippen MR) is 65.5 cm³/mol. The van der Waals surface area contributed by atoms with Gasteiger partial charge in [-0.1, -0.05) is 29.3 Å². The number of halogens is 2. The zero-order chi connectivity index (χ0) is 11.2. The highest BCUT2D eigenvalue weighted by molar-refractivity contribution is 6.45. The first kappa shape index (κ1) is 10.8. The van der Waals surface area contributed by atoms with Crippen LogP contribution in [-0.4, -0.2) is 4.57 Å². The summed E-state index contributed by atoms with van der Waals surface area (Å²) in [7, 11) is 1.95. The maximum atomic E-state index is 6.16. The van der Waals surface area contributed by atoms with Crippen LogP contribution in [0.1, 0.15) is 18.7 Å². The van der Waals surface area contributed by atoms with Crippen LogP contribution >= 0.6 is 23.2 Å². The summed E-state index contributed by atoms with van der Waals surface area (Å²) in [4.78, 5) is 0. The van der Waals surface area contributed by atoms with Crippen LogP contribution in [0, 0.1) is 0 Å². The van der Waals surface area contributed by atoms with Crippen LogP contribution < -0.4 is 5.73 Å². The van der Waals surface area contributed by atoms with E-state index in [9.17, 15) is 0 Å². The van der Waals surface area contributed by atoms with Gasteiger partial charge in [0.15, 0.2) is 0 Å². The third-order valence-electron chi connectivity index (χ3n) is 2.59. The van der Waals surface area contributed by atoms with Gasteiger partial charge in [0.1, 0.15) is 0 Å². The van der Waals surface area contributed by atoms with E-state index < -0.39 is 0 Å². The minimum absolute atomic E-state index is 0.0164. The molecule has 1 heterocycles. The highest BCUT2D eigenvalue weighted by Crippen LogP contribution is 2.33. The van der Waals surface area contributed by atoms with Crippen LogP contribution in [0.2, 0.25) is 10.0 Å². The van der Waals surface area contributed by atoms with Gasteiger partial charge < -0.3 is 10.3 Å². The fourth-order valence-electron chi connectivity index (χ4n) is 1.83. The van der Waals surface area contributed by atoms with Gasteiger partial charge in [-0.15, -0.1) is 0 Å². The summed E-state index contributed by atoms with van der Waals surface area (Å²) in [6, 6.07) is 5.78. The number of fused-ring (bicyclic) bond motifs is 1. The largest absolute Gasteiger partial charge is 0.345 e. The molecular formula is C11H12Cl2N2. The summed E-state index contributed by atoms with van der Waals surface area (Å²) in [5.41, 5.74) is 7.86. The number of aryl methyl sites for hydroxylation is 1. The standard InChI is InChI=1S/C11H12Cl2N2/c1-6(14)9-5-7-3-4-8(12)10(13)11(7)15(9)2/h3-6H,14H2,1-2H3. The Morgan fingerprint density at radius 2 is 2.00 bits per heavy atom. The van der Waals surface area contributed by atoms with Crippen molar-refractivity contribution >= 4 is 34.1 Å². The fourth-order valence-corrected chi connectivity index (χ4v) is 2.29. The number of aromatic nitrogens is 1. The second kappa shape index (κ2) is 3.71. The molecule has 0 aliphatic carbocycles. The molecule has 0 fully saturated rings. The van der Waals surface area contributed by atoms with E-state index in [0.29, 0.717) is 10.0 Å². The second-order valence-electron chi connectivity index (χ2n) is 3.72. The summed E-state index contributed by atoms with van der Waals surface area (Å²) in [6.45, 7) is 1.95. The third kappa shape index (κ3) is 1.63. The van der Waals surface area contributed by atoms with Crippen molar-refractivity contribution in [3.05, 3.63) is 33.9 Å². The molecule has 0 amide bonds. The lowest BCUT2D eigenvalue weighted by Gasteiger charge is -2.08. The van der Waals surface area contributed by atoms with Gasteiger partial charge in [0.05, 0.1) is 15.6 Å². The molecule has 0 radical (unpaired) electrons. The van der Waals surface area contributed by atoms with E-state index in [1.54, 1.807) is 6.07 Å². The van der Waals surface area contributed by atoms with Gasteiger partial charge in [-0.05, 0) is 19.1 Å². The molecule has 2 aromatic rings. The Labute approximate surface area is 98.6 Å². The van der Waals surface area contributed by atoms with E-state index in [0.717, 1.165) is 16.6 Å². The third-order valence-corrected chi connectivity index (χ3v) is 3.39. The van der Waals surface area contributed by atoms with Gasteiger partial charge in [0.25, 0.3) is 0 Å². The normalized spacial score (nSPS) is 13.4. The quantitative estimate of drug-likeness (QED) is 0.816. The lowest BCUT2D eigenvalue weighted by molar-refractivity contribution is 0.726. The van der Waals surface area contributed by atoms with E-state index in [4.69, 9.17) is 28.9 Å². The molecule has 2 N–H and O–H groups in total. The van der Waals surface area contributed by atoms with Crippen molar-refractivity contribution in [3.8, 4) is 0 Å². The Hall–Kier alpha value is -0.700. The van der Waals surface area contributed by atoms with Crippen LogP contribution in [-0.2, 0) is 7.05 Å². The highest BCUT2D eigenvalue weighted by Gasteiger charge is 2.13. The van der Waals surface area contributed by atoms with Gasteiger partial charge in [-0.3, -0.25) is 0 Å². The number of nitrogens with zero attached hydrogens (tertiary/aromatic N) is 1. The molecule has 0 aliphatic rings. The van der Waals surface area contributed by atoms with Crippen molar-refractivity contribution < 1.29 is 0 Å². The van der Waals surface area contributed by atoms with Gasteiger partial charge in [-0.25, -0.2) is 0 Å². The average Bonchev–Trinajstić information content (AvgIpc) is 2.50. The van der Waals surface area contributed by atoms with E-state index >= 15 is 0 Å². The zero-order valence-corrected chi connectivity index (χ0v) is 10.1. The van der Waals surface area contributed by atoms with Gasteiger partial charge in [0.2, 0.25) is 0 Å². The molecule has 1 aromatic carbocycles. The molecule has 0 aliphatic heterocycles. The zero-order valence-electron chi connectivity index (χ0n) is 8.59. The topological polar surface area (TPSA) is 30.9 Å². The molecule has 2 nitrogen and oxygen atoms in total. The van der Waals surface area contributed by atoms with Crippen LogP contribution in [0.15, 0.2) is 18.2 Å². The number of rotatable bonds is 1. The Bertz CT molecular complexity index is 515. The average molecular weight is 243 g/mol. The molecule has 0 saturated heterocycles. The Balaban J connectivity index is 2.83. The van der Waals surface area contributed by atoms with E-state index in [1.165, 1.54) is 0 Å². The first-order valence-corrected chi connectivity index (χ1v) is 5.47. The smallest absolute Gasteiger partial charge is 0.0835 e. The Morgan fingerprint density at radius 1 is 1.33 bits per heavy atom. The monoisotopic (exact) mass is 242 g/mol. The number of hydrogen-bond acceptors (Lipinski definition) is 1. The fraction of sp³-hybridized carbons (Fsp3) is 0.273. The number of hydrogen-bond donors (Lipinski definition) is 1. The van der Waals surface area contributed by atoms with Crippen LogP contribution in [0.4, 0.5) is 0 Å². The number of benzene rings is 1. The summed E-state index contributed by atoms with van der Waals surface area (Å²) < 4.78 is 1.99. The molecule has 1 aromatic heterocycles. The van der Waals surface area contributed by atoms with Crippen LogP contribution in [0.3, 0.4) is 0 Å². The van der Waals surface area contributed by atoms with Crippen molar-refractivity contribution in [1.82, 2.24) is 4.57 Å². The maximum Gasteiger partial charge on any atom is 0.0835 e. The van der Waals surface area contributed by atoms with Crippen molar-refractivity contribution in [2.45, 2.75) is 13.0 Å². The van der Waals surface area contributed by atoms with Gasteiger partial charge in [-0.2, -0.15) is 0 Å². The maximum absolute atomic E-state index is 6.16. The highest BCUT2D eigenvalue weighted by atomic mass is 35.5. The van der Waals surface area contributed by atoms with E-state index in [-0.39, 0.29) is 6.04 Å². The molecule has 2 rings (SSSR count). The van der Waals surface area contributed by atoms with Gasteiger partial charge >= 0.3 is 0 Å². The minimum atomic E-state index is -0.0164. The van der Waals surface area contributed by atoms with Gasteiger partial charge in [0, 0.05) is 24.2 Å². The van der Waals surface area contributed by atoms with Crippen LogP contribution in [0.25, 0.3) is 10.9 Å². The summed E-state index contributed by atoms with van der Waals surface area (Å²) in [5.74, 6) is 0. The van der Waals surface area contributed by atoms with Crippen LogP contribution in [0.5, 0.6) is 0 Å². The number of nitrogens with two attached hydrogens (primary N) is 1. The molecule has 0 spiro atoms. The first-order chi connectivity index (χ1) is 7.02. The molecule has 4 heteroatoms. The first-order valence-electron chi connectivity index (χ1n) is 4.71. The van der Waals surface area contributed by atoms with Crippen molar-refractivity contribution in [1.29, 1.82) is 0 Å². The molecule has 80 valence electrons. The summed E-state index contributed by atoms with van der Waals surface area (Å²) >= 11 is 12.1. The second-order valence-corrected chi connectivity index (χ2v) is 4.50. The molecule has 1 unspecified atom stereocenters. The van der Waals surface area contributed by atoms with E-state index in [1.807, 2.05) is 30.7 Å². The van der Waals surface area contributed by atoms with Crippen molar-refractivity contribution in [2.24, 2.45) is 12.8 Å². The molecule has 0 bridgehead atoms. The SMILES string of the molecule is CC(N)c1cc2ccc(Cl)c(Cl)c2n1C. The minimum Gasteiger partial charge on any atom is -0.345 e. The van der Waals surface area contributed by atoms with E-state index in [2.05, 4.69) is 0 Å². The Kier molecular flexibility index (Phi) is 2.67. The van der Waals surface area contributed by atoms with Crippen molar-refractivity contribution in [3.63, 3.8) is 0 Å².